The molecule has 27 heavy (non-hydrogen) atoms. The van der Waals surface area contributed by atoms with Gasteiger partial charge >= 0.3 is 5.97 Å². The van der Waals surface area contributed by atoms with Crippen molar-refractivity contribution in [2.75, 3.05) is 17.2 Å². The Morgan fingerprint density at radius 3 is 2.70 bits per heavy atom. The highest BCUT2D eigenvalue weighted by molar-refractivity contribution is 5.89. The molecule has 3 N–H and O–H groups in total. The fourth-order valence-electron chi connectivity index (χ4n) is 2.60. The number of nitrogens with one attached hydrogen (secondary N) is 2. The molecule has 1 aromatic heterocycles. The van der Waals surface area contributed by atoms with Gasteiger partial charge in [0.25, 0.3) is 0 Å². The van der Waals surface area contributed by atoms with Crippen LogP contribution in [0, 0.1) is 12.7 Å². The lowest BCUT2D eigenvalue weighted by Crippen LogP contribution is -2.10. The lowest BCUT2D eigenvalue weighted by molar-refractivity contribution is 0.0697. The highest BCUT2D eigenvalue weighted by atomic mass is 19.1. The van der Waals surface area contributed by atoms with Crippen molar-refractivity contribution in [2.45, 2.75) is 13.3 Å². The molecule has 0 radical (unpaired) electrons. The number of aromatic carboxylic acids is 1. The van der Waals surface area contributed by atoms with E-state index in [-0.39, 0.29) is 11.4 Å². The molecule has 2 aromatic carbocycles. The summed E-state index contributed by atoms with van der Waals surface area (Å²) in [5.41, 5.74) is 2.18. The average Bonchev–Trinajstić information content (AvgIpc) is 2.63. The molecule has 1 heterocycles. The molecule has 0 aliphatic rings. The quantitative estimate of drug-likeness (QED) is 0.585. The lowest BCUT2D eigenvalue weighted by Gasteiger charge is -2.10. The van der Waals surface area contributed by atoms with Gasteiger partial charge in [-0.25, -0.2) is 14.2 Å². The van der Waals surface area contributed by atoms with E-state index in [2.05, 4.69) is 20.6 Å². The van der Waals surface area contributed by atoms with Crippen LogP contribution in [0.5, 0.6) is 0 Å². The number of anilines is 3. The van der Waals surface area contributed by atoms with E-state index in [0.717, 1.165) is 5.69 Å². The summed E-state index contributed by atoms with van der Waals surface area (Å²) in [5, 5.41) is 15.3. The first kappa shape index (κ1) is 18.3. The summed E-state index contributed by atoms with van der Waals surface area (Å²) in [7, 11) is 0. The molecule has 3 aromatic rings. The number of nitrogens with zero attached hydrogens (tertiary/aromatic N) is 2. The van der Waals surface area contributed by atoms with Crippen molar-refractivity contribution >= 4 is 23.4 Å². The molecule has 138 valence electrons. The maximum atomic E-state index is 13.7. The second kappa shape index (κ2) is 8.27. The van der Waals surface area contributed by atoms with E-state index >= 15 is 0 Å². The number of aromatic nitrogens is 2. The van der Waals surface area contributed by atoms with Gasteiger partial charge in [-0.05, 0) is 43.2 Å². The Labute approximate surface area is 156 Å². The van der Waals surface area contributed by atoms with Gasteiger partial charge in [-0.2, -0.15) is 4.98 Å². The standard InChI is InChI=1S/C20H19FN4O2/c1-13-11-18(24-16-7-4-6-15(12-16)19(26)27)25-20(23-13)22-10-9-14-5-2-3-8-17(14)21/h2-8,11-12H,9-10H2,1H3,(H,26,27)(H2,22,23,24,25). The summed E-state index contributed by atoms with van der Waals surface area (Å²) in [5.74, 6) is -0.264. The Morgan fingerprint density at radius 2 is 1.93 bits per heavy atom. The number of benzene rings is 2. The number of halogens is 1. The lowest BCUT2D eigenvalue weighted by atomic mass is 10.1. The van der Waals surface area contributed by atoms with Crippen LogP contribution >= 0.6 is 0 Å². The SMILES string of the molecule is Cc1cc(Nc2cccc(C(=O)O)c2)nc(NCCc2ccccc2F)n1. The van der Waals surface area contributed by atoms with Crippen molar-refractivity contribution in [2.24, 2.45) is 0 Å². The Kier molecular flexibility index (Phi) is 5.61. The first-order valence-corrected chi connectivity index (χ1v) is 8.44. The molecule has 6 nitrogen and oxygen atoms in total. The molecule has 7 heteroatoms. The Hall–Kier alpha value is -3.48. The molecule has 0 amide bonds. The van der Waals surface area contributed by atoms with Crippen molar-refractivity contribution in [3.8, 4) is 0 Å². The Bertz CT molecular complexity index is 962. The summed E-state index contributed by atoms with van der Waals surface area (Å²) in [4.78, 5) is 19.8. The largest absolute Gasteiger partial charge is 0.478 e. The highest BCUT2D eigenvalue weighted by Gasteiger charge is 2.07. The zero-order valence-corrected chi connectivity index (χ0v) is 14.7. The third kappa shape index (κ3) is 5.01. The Morgan fingerprint density at radius 1 is 1.11 bits per heavy atom. The molecule has 0 aliphatic carbocycles. The Balaban J connectivity index is 1.68. The van der Waals surface area contributed by atoms with E-state index in [1.54, 1.807) is 36.4 Å². The van der Waals surface area contributed by atoms with Gasteiger partial charge in [0.05, 0.1) is 5.56 Å². The first-order chi connectivity index (χ1) is 13.0. The van der Waals surface area contributed by atoms with Gasteiger partial charge in [-0.15, -0.1) is 0 Å². The number of aryl methyl sites for hydroxylation is 1. The molecule has 0 aliphatic heterocycles. The predicted octanol–water partition coefficient (Wildman–Crippen LogP) is 4.02. The zero-order chi connectivity index (χ0) is 19.2. The fourth-order valence-corrected chi connectivity index (χ4v) is 2.60. The van der Waals surface area contributed by atoms with Crippen LogP contribution in [0.4, 0.5) is 21.8 Å². The third-order valence-electron chi connectivity index (χ3n) is 3.87. The maximum Gasteiger partial charge on any atom is 0.335 e. The van der Waals surface area contributed by atoms with Gasteiger partial charge in [0.2, 0.25) is 5.95 Å². The monoisotopic (exact) mass is 366 g/mol. The number of carbonyl (C=O) groups is 1. The van der Waals surface area contributed by atoms with Crippen molar-refractivity contribution in [1.29, 1.82) is 0 Å². The molecule has 0 bridgehead atoms. The first-order valence-electron chi connectivity index (χ1n) is 8.44. The second-order valence-electron chi connectivity index (χ2n) is 6.00. The molecule has 0 saturated carbocycles. The number of rotatable bonds is 7. The summed E-state index contributed by atoms with van der Waals surface area (Å²) in [6.07, 6.45) is 0.507. The summed E-state index contributed by atoms with van der Waals surface area (Å²) >= 11 is 0. The van der Waals surface area contributed by atoms with Crippen LogP contribution in [0.25, 0.3) is 0 Å². The van der Waals surface area contributed by atoms with Crippen molar-refractivity contribution < 1.29 is 14.3 Å². The topological polar surface area (TPSA) is 87.1 Å². The predicted molar refractivity (Wildman–Crippen MR) is 102 cm³/mol. The minimum atomic E-state index is -0.993. The van der Waals surface area contributed by atoms with Gasteiger partial charge in [0.15, 0.2) is 0 Å². The van der Waals surface area contributed by atoms with E-state index in [0.29, 0.717) is 36.0 Å². The molecule has 0 atom stereocenters. The van der Waals surface area contributed by atoms with Crippen LogP contribution in [0.1, 0.15) is 21.6 Å². The van der Waals surface area contributed by atoms with Crippen LogP contribution in [-0.4, -0.2) is 27.6 Å². The van der Waals surface area contributed by atoms with Crippen LogP contribution in [0.15, 0.2) is 54.6 Å². The van der Waals surface area contributed by atoms with Crippen LogP contribution in [0.2, 0.25) is 0 Å². The summed E-state index contributed by atoms with van der Waals surface area (Å²) < 4.78 is 13.7. The number of carboxylic acid groups (broad SMARTS) is 1. The average molecular weight is 366 g/mol. The van der Waals surface area contributed by atoms with Gasteiger partial charge in [-0.1, -0.05) is 24.3 Å². The minimum Gasteiger partial charge on any atom is -0.478 e. The molecule has 3 rings (SSSR count). The van der Waals surface area contributed by atoms with Crippen molar-refractivity contribution in [3.63, 3.8) is 0 Å². The number of carboxylic acids is 1. The smallest absolute Gasteiger partial charge is 0.335 e. The molecule has 0 unspecified atom stereocenters. The van der Waals surface area contributed by atoms with Crippen LogP contribution in [-0.2, 0) is 6.42 Å². The van der Waals surface area contributed by atoms with E-state index in [1.165, 1.54) is 18.2 Å². The van der Waals surface area contributed by atoms with Gasteiger partial charge in [-0.3, -0.25) is 0 Å². The van der Waals surface area contributed by atoms with Gasteiger partial charge in [0, 0.05) is 24.0 Å². The summed E-state index contributed by atoms with van der Waals surface area (Å²) in [6.45, 7) is 2.32. The van der Waals surface area contributed by atoms with Crippen molar-refractivity contribution in [3.05, 3.63) is 77.2 Å². The third-order valence-corrected chi connectivity index (χ3v) is 3.87. The maximum absolute atomic E-state index is 13.7. The van der Waals surface area contributed by atoms with Crippen molar-refractivity contribution in [1.82, 2.24) is 9.97 Å². The molecular formula is C20H19FN4O2. The summed E-state index contributed by atoms with van der Waals surface area (Å²) in [6, 6.07) is 14.9. The van der Waals surface area contributed by atoms with Crippen LogP contribution in [0.3, 0.4) is 0 Å². The van der Waals surface area contributed by atoms with Gasteiger partial charge < -0.3 is 15.7 Å². The minimum absolute atomic E-state index is 0.189. The highest BCUT2D eigenvalue weighted by Crippen LogP contribution is 2.18. The zero-order valence-electron chi connectivity index (χ0n) is 14.7. The second-order valence-corrected chi connectivity index (χ2v) is 6.00. The van der Waals surface area contributed by atoms with Gasteiger partial charge in [0.1, 0.15) is 11.6 Å². The van der Waals surface area contributed by atoms with E-state index < -0.39 is 5.97 Å². The molecule has 0 fully saturated rings. The van der Waals surface area contributed by atoms with E-state index in [1.807, 2.05) is 6.92 Å². The molecule has 0 spiro atoms. The number of hydrogen-bond donors (Lipinski definition) is 3. The normalized spacial score (nSPS) is 10.4. The van der Waals surface area contributed by atoms with E-state index in [4.69, 9.17) is 5.11 Å². The number of hydrogen-bond acceptors (Lipinski definition) is 5. The molecular weight excluding hydrogens is 347 g/mol. The van der Waals surface area contributed by atoms with Crippen LogP contribution < -0.4 is 10.6 Å². The molecule has 0 saturated heterocycles. The fraction of sp³-hybridized carbons (Fsp3) is 0.150. The van der Waals surface area contributed by atoms with E-state index in [9.17, 15) is 9.18 Å².